The van der Waals surface area contributed by atoms with Gasteiger partial charge in [-0.15, -0.1) is 0 Å². The molecule has 0 heterocycles. The summed E-state index contributed by atoms with van der Waals surface area (Å²) >= 11 is 12.1. The lowest BCUT2D eigenvalue weighted by Crippen LogP contribution is -2.20. The molecule has 5 heteroatoms. The average Bonchev–Trinajstić information content (AvgIpc) is 2.54. The molecule has 1 N–H and O–H groups in total. The van der Waals surface area contributed by atoms with Crippen LogP contribution in [-0.4, -0.2) is 32.1 Å². The number of hydrogen-bond donors (Lipinski definition) is 1. The standard InChI is InChI=1S/C19H24Cl2N2O/c1-23(2)10-4-9-22-13-15-5-3-6-18(11-15)24-14-16-7-8-17(20)12-19(16)21/h3,5-8,11-12,22H,4,9-10,13-14H2,1-2H3. The Hall–Kier alpha value is -1.26. The largest absolute Gasteiger partial charge is 0.489 e. The molecule has 0 aliphatic heterocycles. The van der Waals surface area contributed by atoms with Gasteiger partial charge in [0.1, 0.15) is 12.4 Å². The third kappa shape index (κ3) is 6.70. The van der Waals surface area contributed by atoms with Crippen LogP contribution in [0.4, 0.5) is 0 Å². The van der Waals surface area contributed by atoms with Crippen molar-refractivity contribution in [2.75, 3.05) is 27.2 Å². The maximum absolute atomic E-state index is 6.17. The predicted molar refractivity (Wildman–Crippen MR) is 102 cm³/mol. The van der Waals surface area contributed by atoms with Gasteiger partial charge in [0.15, 0.2) is 0 Å². The first-order chi connectivity index (χ1) is 11.5. The van der Waals surface area contributed by atoms with Crippen molar-refractivity contribution in [2.24, 2.45) is 0 Å². The quantitative estimate of drug-likeness (QED) is 0.655. The predicted octanol–water partition coefficient (Wildman–Crippen LogP) is 4.61. The molecule has 3 nitrogen and oxygen atoms in total. The van der Waals surface area contributed by atoms with Crippen LogP contribution in [0.5, 0.6) is 5.75 Å². The van der Waals surface area contributed by atoms with Crippen LogP contribution in [-0.2, 0) is 13.2 Å². The van der Waals surface area contributed by atoms with Crippen LogP contribution in [0.15, 0.2) is 42.5 Å². The Morgan fingerprint density at radius 2 is 1.92 bits per heavy atom. The highest BCUT2D eigenvalue weighted by Gasteiger charge is 2.03. The molecule has 0 spiro atoms. The second-order valence-electron chi connectivity index (χ2n) is 6.01. The van der Waals surface area contributed by atoms with Gasteiger partial charge in [0.2, 0.25) is 0 Å². The molecule has 2 aromatic rings. The Morgan fingerprint density at radius 1 is 1.08 bits per heavy atom. The monoisotopic (exact) mass is 366 g/mol. The van der Waals surface area contributed by atoms with E-state index >= 15 is 0 Å². The summed E-state index contributed by atoms with van der Waals surface area (Å²) in [4.78, 5) is 2.19. The normalized spacial score (nSPS) is 11.0. The molecule has 0 saturated heterocycles. The molecule has 130 valence electrons. The molecule has 2 aromatic carbocycles. The van der Waals surface area contributed by atoms with E-state index in [1.165, 1.54) is 5.56 Å². The van der Waals surface area contributed by atoms with Gasteiger partial charge in [0, 0.05) is 22.2 Å². The number of rotatable bonds is 9. The highest BCUT2D eigenvalue weighted by atomic mass is 35.5. The minimum absolute atomic E-state index is 0.426. The van der Waals surface area contributed by atoms with Crippen LogP contribution in [0.2, 0.25) is 10.0 Å². The van der Waals surface area contributed by atoms with Crippen molar-refractivity contribution < 1.29 is 4.74 Å². The Morgan fingerprint density at radius 3 is 2.67 bits per heavy atom. The summed E-state index contributed by atoms with van der Waals surface area (Å²) in [7, 11) is 4.18. The van der Waals surface area contributed by atoms with Gasteiger partial charge < -0.3 is 15.0 Å². The van der Waals surface area contributed by atoms with Crippen LogP contribution < -0.4 is 10.1 Å². The molecular formula is C19H24Cl2N2O. The maximum Gasteiger partial charge on any atom is 0.120 e. The lowest BCUT2D eigenvalue weighted by atomic mass is 10.2. The molecule has 0 aliphatic carbocycles. The summed E-state index contributed by atoms with van der Waals surface area (Å²) in [6.07, 6.45) is 1.14. The third-order valence-corrected chi connectivity index (χ3v) is 4.18. The zero-order valence-electron chi connectivity index (χ0n) is 14.2. The number of nitrogens with one attached hydrogen (secondary N) is 1. The molecule has 0 amide bonds. The Bertz CT molecular complexity index is 647. The fourth-order valence-electron chi connectivity index (χ4n) is 2.30. The van der Waals surface area contributed by atoms with Gasteiger partial charge >= 0.3 is 0 Å². The number of nitrogens with zero attached hydrogens (tertiary/aromatic N) is 1. The van der Waals surface area contributed by atoms with E-state index < -0.39 is 0 Å². The van der Waals surface area contributed by atoms with E-state index in [9.17, 15) is 0 Å². The molecule has 0 fully saturated rings. The van der Waals surface area contributed by atoms with Crippen LogP contribution in [0, 0.1) is 0 Å². The van der Waals surface area contributed by atoms with Gasteiger partial charge in [-0.2, -0.15) is 0 Å². The third-order valence-electron chi connectivity index (χ3n) is 3.60. The SMILES string of the molecule is CN(C)CCCNCc1cccc(OCc2ccc(Cl)cc2Cl)c1. The van der Waals surface area contributed by atoms with Crippen molar-refractivity contribution in [3.05, 3.63) is 63.6 Å². The van der Waals surface area contributed by atoms with Gasteiger partial charge in [-0.05, 0) is 63.4 Å². The van der Waals surface area contributed by atoms with E-state index in [0.717, 1.165) is 37.4 Å². The van der Waals surface area contributed by atoms with Crippen molar-refractivity contribution in [1.29, 1.82) is 0 Å². The van der Waals surface area contributed by atoms with Crippen LogP contribution >= 0.6 is 23.2 Å². The smallest absolute Gasteiger partial charge is 0.120 e. The fourth-order valence-corrected chi connectivity index (χ4v) is 2.76. The summed E-state index contributed by atoms with van der Waals surface area (Å²) in [5.74, 6) is 0.841. The van der Waals surface area contributed by atoms with Crippen LogP contribution in [0.1, 0.15) is 17.5 Å². The van der Waals surface area contributed by atoms with Crippen LogP contribution in [0.25, 0.3) is 0 Å². The van der Waals surface area contributed by atoms with E-state index in [4.69, 9.17) is 27.9 Å². The first-order valence-electron chi connectivity index (χ1n) is 8.06. The number of hydrogen-bond acceptors (Lipinski definition) is 3. The summed E-state index contributed by atoms with van der Waals surface area (Å²) in [6.45, 7) is 3.36. The molecule has 0 bridgehead atoms. The minimum Gasteiger partial charge on any atom is -0.489 e. The second kappa shape index (κ2) is 9.90. The van der Waals surface area contributed by atoms with Gasteiger partial charge in [-0.1, -0.05) is 41.4 Å². The molecule has 0 saturated carbocycles. The maximum atomic E-state index is 6.17. The Balaban J connectivity index is 1.81. The van der Waals surface area contributed by atoms with Gasteiger partial charge in [-0.3, -0.25) is 0 Å². The molecular weight excluding hydrogens is 343 g/mol. The van der Waals surface area contributed by atoms with E-state index in [1.807, 2.05) is 24.3 Å². The van der Waals surface area contributed by atoms with Crippen molar-refractivity contribution in [2.45, 2.75) is 19.6 Å². The topological polar surface area (TPSA) is 24.5 Å². The highest BCUT2D eigenvalue weighted by Crippen LogP contribution is 2.23. The van der Waals surface area contributed by atoms with Gasteiger partial charge in [0.25, 0.3) is 0 Å². The molecule has 0 atom stereocenters. The van der Waals surface area contributed by atoms with Crippen LogP contribution in [0.3, 0.4) is 0 Å². The summed E-state index contributed by atoms with van der Waals surface area (Å²) < 4.78 is 5.85. The van der Waals surface area contributed by atoms with Gasteiger partial charge in [-0.25, -0.2) is 0 Å². The lowest BCUT2D eigenvalue weighted by Gasteiger charge is -2.11. The van der Waals surface area contributed by atoms with E-state index in [2.05, 4.69) is 36.4 Å². The van der Waals surface area contributed by atoms with Crippen molar-refractivity contribution in [3.8, 4) is 5.75 Å². The Labute approximate surface area is 154 Å². The minimum atomic E-state index is 0.426. The number of benzene rings is 2. The first-order valence-corrected chi connectivity index (χ1v) is 8.81. The summed E-state index contributed by atoms with van der Waals surface area (Å²) in [5, 5.41) is 4.71. The lowest BCUT2D eigenvalue weighted by molar-refractivity contribution is 0.306. The van der Waals surface area contributed by atoms with E-state index in [1.54, 1.807) is 6.07 Å². The van der Waals surface area contributed by atoms with E-state index in [-0.39, 0.29) is 0 Å². The van der Waals surface area contributed by atoms with Crippen molar-refractivity contribution in [3.63, 3.8) is 0 Å². The summed E-state index contributed by atoms with van der Waals surface area (Å²) in [6, 6.07) is 13.6. The second-order valence-corrected chi connectivity index (χ2v) is 6.85. The Kier molecular flexibility index (Phi) is 7.86. The molecule has 0 aromatic heterocycles. The zero-order chi connectivity index (χ0) is 17.4. The molecule has 0 unspecified atom stereocenters. The highest BCUT2D eigenvalue weighted by molar-refractivity contribution is 6.35. The zero-order valence-corrected chi connectivity index (χ0v) is 15.7. The average molecular weight is 367 g/mol. The molecule has 24 heavy (non-hydrogen) atoms. The number of ether oxygens (including phenoxy) is 1. The molecule has 0 radical (unpaired) electrons. The van der Waals surface area contributed by atoms with Gasteiger partial charge in [0.05, 0.1) is 0 Å². The molecule has 0 aliphatic rings. The van der Waals surface area contributed by atoms with Crippen molar-refractivity contribution in [1.82, 2.24) is 10.2 Å². The number of halogens is 2. The van der Waals surface area contributed by atoms with Crippen molar-refractivity contribution >= 4 is 23.2 Å². The molecule has 2 rings (SSSR count). The fraction of sp³-hybridized carbons (Fsp3) is 0.368. The van der Waals surface area contributed by atoms with E-state index in [0.29, 0.717) is 16.7 Å². The summed E-state index contributed by atoms with van der Waals surface area (Å²) in [5.41, 5.74) is 2.13. The first kappa shape index (κ1) is 19.1.